The van der Waals surface area contributed by atoms with Gasteiger partial charge in [0.25, 0.3) is 0 Å². The molecule has 0 aliphatic carbocycles. The number of nitrogens with one attached hydrogen (secondary N) is 1. The summed E-state index contributed by atoms with van der Waals surface area (Å²) in [5, 5.41) is 17.7. The number of carbonyl (C=O) groups is 3. The number of rotatable bonds is 8. The van der Waals surface area contributed by atoms with Crippen molar-refractivity contribution in [3.63, 3.8) is 0 Å². The molecule has 3 N–H and O–H groups in total. The molecule has 0 bridgehead atoms. The van der Waals surface area contributed by atoms with Crippen LogP contribution in [0.5, 0.6) is 5.75 Å². The van der Waals surface area contributed by atoms with Gasteiger partial charge >= 0.3 is 11.9 Å². The van der Waals surface area contributed by atoms with Crippen LogP contribution in [0.4, 0.5) is 0 Å². The van der Waals surface area contributed by atoms with Gasteiger partial charge < -0.3 is 20.3 Å². The Morgan fingerprint density at radius 1 is 1.07 bits per heavy atom. The van der Waals surface area contributed by atoms with Crippen molar-refractivity contribution in [1.29, 1.82) is 0 Å². The van der Waals surface area contributed by atoms with Gasteiger partial charge in [0.2, 0.25) is 5.91 Å². The first-order valence-corrected chi connectivity index (χ1v) is 9.80. The second-order valence-electron chi connectivity index (χ2n) is 6.32. The number of amides is 1. The number of hydrogen-bond donors (Lipinski definition) is 3. The van der Waals surface area contributed by atoms with Crippen molar-refractivity contribution < 1.29 is 29.3 Å². The first-order chi connectivity index (χ1) is 14.2. The molecule has 0 aromatic heterocycles. The zero-order valence-electron chi connectivity index (χ0n) is 16.8. The number of benzene rings is 2. The number of aliphatic carboxylic acids is 2. The molecule has 2 aromatic carbocycles. The molecule has 2 aromatic rings. The zero-order valence-corrected chi connectivity index (χ0v) is 18.4. The highest BCUT2D eigenvalue weighted by Gasteiger charge is 2.10. The van der Waals surface area contributed by atoms with Crippen LogP contribution in [0.25, 0.3) is 0 Å². The minimum atomic E-state index is -1.82. The van der Waals surface area contributed by atoms with E-state index in [9.17, 15) is 4.79 Å². The fraction of sp³-hybridized carbons (Fsp3) is 0.286. The standard InChI is InChI=1S/C19H23BrN2O2.C2H2O4/c1-22(13-16-12-17(20)8-9-18(16)24-2)14-19(23)21-11-10-15-6-4-3-5-7-15;3-1(4)2(5)6/h3-9,12H,10-11,13-14H2,1-2H3,(H,21,23);(H,3,4)(H,5,6). The van der Waals surface area contributed by atoms with E-state index < -0.39 is 11.9 Å². The minimum absolute atomic E-state index is 0.0300. The molecule has 2 rings (SSSR count). The van der Waals surface area contributed by atoms with E-state index in [1.54, 1.807) is 7.11 Å². The van der Waals surface area contributed by atoms with Crippen LogP contribution in [0.3, 0.4) is 0 Å². The normalized spacial score (nSPS) is 10.0. The van der Waals surface area contributed by atoms with Gasteiger partial charge in [-0.15, -0.1) is 0 Å². The molecule has 30 heavy (non-hydrogen) atoms. The lowest BCUT2D eigenvalue weighted by Crippen LogP contribution is -2.35. The van der Waals surface area contributed by atoms with Crippen LogP contribution >= 0.6 is 15.9 Å². The van der Waals surface area contributed by atoms with Gasteiger partial charge in [0.05, 0.1) is 13.7 Å². The predicted octanol–water partition coefficient (Wildman–Crippen LogP) is 2.40. The highest BCUT2D eigenvalue weighted by atomic mass is 79.9. The third kappa shape index (κ3) is 10.0. The van der Waals surface area contributed by atoms with Gasteiger partial charge in [0.15, 0.2) is 0 Å². The Kier molecular flexibility index (Phi) is 11.2. The molecular formula is C21H25BrN2O6. The Hall–Kier alpha value is -2.91. The largest absolute Gasteiger partial charge is 0.496 e. The number of carboxylic acid groups (broad SMARTS) is 2. The van der Waals surface area contributed by atoms with Gasteiger partial charge in [0.1, 0.15) is 5.75 Å². The highest BCUT2D eigenvalue weighted by Crippen LogP contribution is 2.23. The van der Waals surface area contributed by atoms with Gasteiger partial charge in [-0.25, -0.2) is 9.59 Å². The molecule has 0 heterocycles. The Morgan fingerprint density at radius 2 is 1.70 bits per heavy atom. The highest BCUT2D eigenvalue weighted by molar-refractivity contribution is 9.10. The molecule has 1 amide bonds. The summed E-state index contributed by atoms with van der Waals surface area (Å²) in [5.74, 6) is -2.79. The monoisotopic (exact) mass is 480 g/mol. The number of halogens is 1. The molecule has 162 valence electrons. The molecule has 0 spiro atoms. The summed E-state index contributed by atoms with van der Waals surface area (Å²) >= 11 is 3.47. The number of likely N-dealkylation sites (N-methyl/N-ethyl adjacent to an activating group) is 1. The van der Waals surface area contributed by atoms with Crippen molar-refractivity contribution in [2.45, 2.75) is 13.0 Å². The maximum atomic E-state index is 12.1. The van der Waals surface area contributed by atoms with Crippen LogP contribution in [0, 0.1) is 0 Å². The molecule has 8 nitrogen and oxygen atoms in total. The average molecular weight is 481 g/mol. The Morgan fingerprint density at radius 3 is 2.27 bits per heavy atom. The lowest BCUT2D eigenvalue weighted by atomic mass is 10.1. The minimum Gasteiger partial charge on any atom is -0.496 e. The van der Waals surface area contributed by atoms with Gasteiger partial charge in [-0.2, -0.15) is 0 Å². The first kappa shape index (κ1) is 25.1. The van der Waals surface area contributed by atoms with Crippen LogP contribution in [0.1, 0.15) is 11.1 Å². The third-order valence-corrected chi connectivity index (χ3v) is 4.35. The SMILES string of the molecule is COc1ccc(Br)cc1CN(C)CC(=O)NCCc1ccccc1.O=C(O)C(=O)O. The smallest absolute Gasteiger partial charge is 0.414 e. The van der Waals surface area contributed by atoms with E-state index in [4.69, 9.17) is 24.5 Å². The van der Waals surface area contributed by atoms with E-state index in [0.29, 0.717) is 19.6 Å². The predicted molar refractivity (Wildman–Crippen MR) is 115 cm³/mol. The molecule has 0 fully saturated rings. The van der Waals surface area contributed by atoms with Crippen molar-refractivity contribution in [3.05, 3.63) is 64.1 Å². The molecule has 9 heteroatoms. The molecule has 0 radical (unpaired) electrons. The van der Waals surface area contributed by atoms with E-state index in [1.165, 1.54) is 5.56 Å². The lowest BCUT2D eigenvalue weighted by molar-refractivity contribution is -0.159. The van der Waals surface area contributed by atoms with E-state index in [-0.39, 0.29) is 5.91 Å². The second-order valence-corrected chi connectivity index (χ2v) is 7.24. The Labute approximate surface area is 183 Å². The van der Waals surface area contributed by atoms with Gasteiger partial charge in [-0.05, 0) is 37.2 Å². The van der Waals surface area contributed by atoms with Crippen molar-refractivity contribution in [3.8, 4) is 5.75 Å². The molecule has 0 saturated heterocycles. The Balaban J connectivity index is 0.000000656. The fourth-order valence-corrected chi connectivity index (χ4v) is 2.92. The quantitative estimate of drug-likeness (QED) is 0.496. The summed E-state index contributed by atoms with van der Waals surface area (Å²) in [6.07, 6.45) is 0.843. The number of carbonyl (C=O) groups excluding carboxylic acids is 1. The first-order valence-electron chi connectivity index (χ1n) is 9.00. The van der Waals surface area contributed by atoms with E-state index in [1.807, 2.05) is 48.3 Å². The maximum Gasteiger partial charge on any atom is 0.414 e. The molecule has 0 aliphatic heterocycles. The van der Waals surface area contributed by atoms with Crippen LogP contribution in [0.2, 0.25) is 0 Å². The van der Waals surface area contributed by atoms with Gasteiger partial charge in [-0.1, -0.05) is 46.3 Å². The molecule has 0 unspecified atom stereocenters. The van der Waals surface area contributed by atoms with E-state index in [2.05, 4.69) is 33.4 Å². The molecule has 0 saturated carbocycles. The van der Waals surface area contributed by atoms with Crippen LogP contribution < -0.4 is 10.1 Å². The van der Waals surface area contributed by atoms with Crippen molar-refractivity contribution in [2.24, 2.45) is 0 Å². The summed E-state index contributed by atoms with van der Waals surface area (Å²) in [6, 6.07) is 16.0. The average Bonchev–Trinajstić information content (AvgIpc) is 2.69. The topological polar surface area (TPSA) is 116 Å². The number of nitrogens with zero attached hydrogens (tertiary/aromatic N) is 1. The maximum absolute atomic E-state index is 12.1. The van der Waals surface area contributed by atoms with Crippen LogP contribution in [-0.4, -0.2) is 60.2 Å². The fourth-order valence-electron chi connectivity index (χ4n) is 2.51. The van der Waals surface area contributed by atoms with E-state index >= 15 is 0 Å². The lowest BCUT2D eigenvalue weighted by Gasteiger charge is -2.18. The van der Waals surface area contributed by atoms with Crippen LogP contribution in [0.15, 0.2) is 53.0 Å². The number of ether oxygens (including phenoxy) is 1. The second kappa shape index (κ2) is 13.3. The van der Waals surface area contributed by atoms with Gasteiger partial charge in [-0.3, -0.25) is 9.69 Å². The summed E-state index contributed by atoms with van der Waals surface area (Å²) in [4.78, 5) is 32.2. The van der Waals surface area contributed by atoms with Crippen molar-refractivity contribution in [1.82, 2.24) is 10.2 Å². The molecular weight excluding hydrogens is 456 g/mol. The summed E-state index contributed by atoms with van der Waals surface area (Å²) in [6.45, 7) is 1.65. The summed E-state index contributed by atoms with van der Waals surface area (Å²) in [5.41, 5.74) is 2.27. The number of hydrogen-bond acceptors (Lipinski definition) is 5. The zero-order chi connectivity index (χ0) is 22.5. The molecule has 0 atom stereocenters. The summed E-state index contributed by atoms with van der Waals surface area (Å²) in [7, 11) is 3.58. The van der Waals surface area contributed by atoms with Crippen LogP contribution in [-0.2, 0) is 27.3 Å². The number of carboxylic acids is 2. The van der Waals surface area contributed by atoms with Gasteiger partial charge in [0, 0.05) is 23.1 Å². The third-order valence-electron chi connectivity index (χ3n) is 3.86. The van der Waals surface area contributed by atoms with Crippen molar-refractivity contribution >= 4 is 33.8 Å². The Bertz CT molecular complexity index is 833. The van der Waals surface area contributed by atoms with E-state index in [0.717, 1.165) is 22.2 Å². The van der Waals surface area contributed by atoms with Crippen molar-refractivity contribution in [2.75, 3.05) is 27.2 Å². The number of methoxy groups -OCH3 is 1. The molecule has 0 aliphatic rings. The summed E-state index contributed by atoms with van der Waals surface area (Å²) < 4.78 is 6.37.